The number of benzene rings is 2. The number of amides is 2. The highest BCUT2D eigenvalue weighted by Gasteiger charge is 2.30. The fourth-order valence-electron chi connectivity index (χ4n) is 3.24. The Morgan fingerprint density at radius 2 is 1.70 bits per heavy atom. The maximum absolute atomic E-state index is 12.8. The molecule has 5 rings (SSSR count). The number of fused-ring (bicyclic) bond motifs is 1. The Bertz CT molecular complexity index is 1110. The van der Waals surface area contributed by atoms with E-state index in [-0.39, 0.29) is 23.4 Å². The average Bonchev–Trinajstić information content (AvgIpc) is 3.55. The highest BCUT2D eigenvalue weighted by atomic mass is 16.6. The van der Waals surface area contributed by atoms with E-state index in [1.54, 1.807) is 28.9 Å². The van der Waals surface area contributed by atoms with Crippen molar-refractivity contribution >= 4 is 23.3 Å². The van der Waals surface area contributed by atoms with Crippen molar-refractivity contribution in [2.24, 2.45) is 5.92 Å². The number of para-hydroxylation sites is 1. The van der Waals surface area contributed by atoms with E-state index in [0.29, 0.717) is 36.2 Å². The molecule has 3 aromatic rings. The SMILES string of the molecule is O=C(Nc1ccc2c(c1)OCCO2)c1cc(NC(=O)C2CC2)n(-c2ccccc2)n1. The molecule has 8 nitrogen and oxygen atoms in total. The number of nitrogens with zero attached hydrogens (tertiary/aromatic N) is 2. The largest absolute Gasteiger partial charge is 0.486 e. The van der Waals surface area contributed by atoms with E-state index in [1.807, 2.05) is 30.3 Å². The summed E-state index contributed by atoms with van der Waals surface area (Å²) in [7, 11) is 0. The van der Waals surface area contributed by atoms with E-state index < -0.39 is 0 Å². The van der Waals surface area contributed by atoms with Gasteiger partial charge in [-0.2, -0.15) is 5.10 Å². The van der Waals surface area contributed by atoms with Gasteiger partial charge in [0.25, 0.3) is 5.91 Å². The smallest absolute Gasteiger partial charge is 0.276 e. The molecule has 0 atom stereocenters. The van der Waals surface area contributed by atoms with Crippen LogP contribution in [0.3, 0.4) is 0 Å². The van der Waals surface area contributed by atoms with Crippen LogP contribution in [0, 0.1) is 5.92 Å². The quantitative estimate of drug-likeness (QED) is 0.681. The van der Waals surface area contributed by atoms with Crippen LogP contribution in [0.5, 0.6) is 11.5 Å². The van der Waals surface area contributed by atoms with Gasteiger partial charge in [0.2, 0.25) is 5.91 Å². The van der Waals surface area contributed by atoms with Crippen LogP contribution in [0.15, 0.2) is 54.6 Å². The molecule has 0 saturated heterocycles. The fourth-order valence-corrected chi connectivity index (χ4v) is 3.24. The number of rotatable bonds is 5. The number of ether oxygens (including phenoxy) is 2. The first-order chi connectivity index (χ1) is 14.7. The normalized spacial score (nSPS) is 14.8. The van der Waals surface area contributed by atoms with Crippen molar-refractivity contribution < 1.29 is 19.1 Å². The lowest BCUT2D eigenvalue weighted by Gasteiger charge is -2.18. The second kappa shape index (κ2) is 7.55. The number of nitrogens with one attached hydrogen (secondary N) is 2. The predicted molar refractivity (Wildman–Crippen MR) is 110 cm³/mol. The molecule has 0 bridgehead atoms. The van der Waals surface area contributed by atoms with Crippen LogP contribution in [0.25, 0.3) is 5.69 Å². The summed E-state index contributed by atoms with van der Waals surface area (Å²) in [5.41, 5.74) is 1.52. The van der Waals surface area contributed by atoms with Gasteiger partial charge in [0.1, 0.15) is 19.0 Å². The molecule has 2 aromatic carbocycles. The molecule has 8 heteroatoms. The number of carbonyl (C=O) groups excluding carboxylic acids is 2. The summed E-state index contributed by atoms with van der Waals surface area (Å²) in [6.45, 7) is 0.973. The Balaban J connectivity index is 1.41. The fraction of sp³-hybridized carbons (Fsp3) is 0.227. The standard InChI is InChI=1S/C22H20N4O4/c27-21(14-6-7-14)24-20-13-17(25-26(20)16-4-2-1-3-5-16)22(28)23-15-8-9-18-19(12-15)30-11-10-29-18/h1-5,8-9,12-14H,6-7,10-11H2,(H,23,28)(H,24,27). The summed E-state index contributed by atoms with van der Waals surface area (Å²) >= 11 is 0. The van der Waals surface area contributed by atoms with E-state index >= 15 is 0 Å². The summed E-state index contributed by atoms with van der Waals surface area (Å²) < 4.78 is 12.6. The maximum atomic E-state index is 12.8. The zero-order valence-electron chi connectivity index (χ0n) is 16.1. The molecule has 0 unspecified atom stereocenters. The summed E-state index contributed by atoms with van der Waals surface area (Å²) in [6.07, 6.45) is 1.78. The van der Waals surface area contributed by atoms with Crippen LogP contribution in [0.2, 0.25) is 0 Å². The van der Waals surface area contributed by atoms with Gasteiger partial charge in [0.15, 0.2) is 17.2 Å². The van der Waals surface area contributed by atoms with Crippen LogP contribution >= 0.6 is 0 Å². The number of carbonyl (C=O) groups is 2. The summed E-state index contributed by atoms with van der Waals surface area (Å²) in [5, 5.41) is 10.2. The molecular weight excluding hydrogens is 384 g/mol. The molecule has 1 fully saturated rings. The molecule has 30 heavy (non-hydrogen) atoms. The average molecular weight is 404 g/mol. The zero-order valence-corrected chi connectivity index (χ0v) is 16.1. The van der Waals surface area contributed by atoms with Gasteiger partial charge in [-0.15, -0.1) is 0 Å². The van der Waals surface area contributed by atoms with Crippen molar-refractivity contribution in [1.29, 1.82) is 0 Å². The minimum atomic E-state index is -0.386. The Morgan fingerprint density at radius 3 is 2.47 bits per heavy atom. The van der Waals surface area contributed by atoms with Crippen molar-refractivity contribution in [2.45, 2.75) is 12.8 Å². The van der Waals surface area contributed by atoms with E-state index in [1.165, 1.54) is 0 Å². The highest BCUT2D eigenvalue weighted by Crippen LogP contribution is 2.33. The van der Waals surface area contributed by atoms with Gasteiger partial charge in [0.05, 0.1) is 5.69 Å². The minimum Gasteiger partial charge on any atom is -0.486 e. The van der Waals surface area contributed by atoms with Crippen LogP contribution in [0.1, 0.15) is 23.3 Å². The topological polar surface area (TPSA) is 94.5 Å². The van der Waals surface area contributed by atoms with E-state index in [4.69, 9.17) is 9.47 Å². The summed E-state index contributed by atoms with van der Waals surface area (Å²) in [6, 6.07) is 16.2. The Morgan fingerprint density at radius 1 is 0.933 bits per heavy atom. The van der Waals surface area contributed by atoms with Crippen molar-refractivity contribution in [3.63, 3.8) is 0 Å². The molecule has 2 heterocycles. The van der Waals surface area contributed by atoms with Gasteiger partial charge in [-0.1, -0.05) is 18.2 Å². The second-order valence-corrected chi connectivity index (χ2v) is 7.24. The minimum absolute atomic E-state index is 0.0408. The van der Waals surface area contributed by atoms with Gasteiger partial charge < -0.3 is 20.1 Å². The third kappa shape index (κ3) is 3.71. The van der Waals surface area contributed by atoms with Crippen molar-refractivity contribution in [3.05, 3.63) is 60.3 Å². The number of hydrogen-bond acceptors (Lipinski definition) is 5. The first-order valence-corrected chi connectivity index (χ1v) is 9.85. The summed E-state index contributed by atoms with van der Waals surface area (Å²) in [4.78, 5) is 25.1. The lowest BCUT2D eigenvalue weighted by atomic mass is 10.2. The van der Waals surface area contributed by atoms with Gasteiger partial charge in [0, 0.05) is 23.7 Å². The number of aromatic nitrogens is 2. The molecule has 0 radical (unpaired) electrons. The van der Waals surface area contributed by atoms with Gasteiger partial charge >= 0.3 is 0 Å². The van der Waals surface area contributed by atoms with Crippen LogP contribution in [-0.2, 0) is 4.79 Å². The third-order valence-electron chi connectivity index (χ3n) is 4.94. The van der Waals surface area contributed by atoms with E-state index in [2.05, 4.69) is 15.7 Å². The molecule has 1 aromatic heterocycles. The van der Waals surface area contributed by atoms with Crippen LogP contribution in [-0.4, -0.2) is 34.8 Å². The lowest BCUT2D eigenvalue weighted by Crippen LogP contribution is -2.17. The second-order valence-electron chi connectivity index (χ2n) is 7.24. The highest BCUT2D eigenvalue weighted by molar-refractivity contribution is 6.04. The first kappa shape index (κ1) is 18.2. The molecule has 152 valence electrons. The Labute approximate surface area is 172 Å². The molecule has 2 amide bonds. The van der Waals surface area contributed by atoms with Crippen LogP contribution in [0.4, 0.5) is 11.5 Å². The number of hydrogen-bond donors (Lipinski definition) is 2. The molecule has 1 aliphatic carbocycles. The molecule has 0 spiro atoms. The first-order valence-electron chi connectivity index (χ1n) is 9.85. The number of anilines is 2. The van der Waals surface area contributed by atoms with Crippen molar-refractivity contribution in [3.8, 4) is 17.2 Å². The maximum Gasteiger partial charge on any atom is 0.276 e. The Hall–Kier alpha value is -3.81. The Kier molecular flexibility index (Phi) is 4.59. The molecule has 1 saturated carbocycles. The van der Waals surface area contributed by atoms with Gasteiger partial charge in [-0.3, -0.25) is 9.59 Å². The van der Waals surface area contributed by atoms with Gasteiger partial charge in [-0.05, 0) is 37.1 Å². The monoisotopic (exact) mass is 404 g/mol. The van der Waals surface area contributed by atoms with Crippen molar-refractivity contribution in [2.75, 3.05) is 23.8 Å². The van der Waals surface area contributed by atoms with Gasteiger partial charge in [-0.25, -0.2) is 4.68 Å². The predicted octanol–water partition coefficient (Wildman–Crippen LogP) is 3.24. The van der Waals surface area contributed by atoms with Crippen LogP contribution < -0.4 is 20.1 Å². The van der Waals surface area contributed by atoms with Crippen molar-refractivity contribution in [1.82, 2.24) is 9.78 Å². The zero-order chi connectivity index (χ0) is 20.5. The summed E-state index contributed by atoms with van der Waals surface area (Å²) in [5.74, 6) is 1.31. The molecule has 2 N–H and O–H groups in total. The molecular formula is C22H20N4O4. The molecule has 2 aliphatic rings. The van der Waals surface area contributed by atoms with E-state index in [9.17, 15) is 9.59 Å². The third-order valence-corrected chi connectivity index (χ3v) is 4.94. The van der Waals surface area contributed by atoms with E-state index in [0.717, 1.165) is 18.5 Å². The molecule has 1 aliphatic heterocycles. The lowest BCUT2D eigenvalue weighted by molar-refractivity contribution is -0.117.